The maximum Gasteiger partial charge on any atom is 0.338 e. The van der Waals surface area contributed by atoms with Crippen molar-refractivity contribution in [2.45, 2.75) is 19.6 Å². The zero-order valence-corrected chi connectivity index (χ0v) is 16.4. The van der Waals surface area contributed by atoms with E-state index < -0.39 is 18.0 Å². The molecule has 0 radical (unpaired) electrons. The number of anilines is 1. The Morgan fingerprint density at radius 3 is 2.45 bits per heavy atom. The predicted octanol–water partition coefficient (Wildman–Crippen LogP) is 4.50. The Morgan fingerprint density at radius 2 is 1.76 bits per heavy atom. The summed E-state index contributed by atoms with van der Waals surface area (Å²) in [5, 5.41) is 2.74. The number of nitrogens with one attached hydrogen (secondary N) is 1. The van der Waals surface area contributed by atoms with Gasteiger partial charge in [0.05, 0.1) is 11.3 Å². The molecule has 0 spiro atoms. The van der Waals surface area contributed by atoms with Crippen LogP contribution in [0, 0.1) is 0 Å². The fourth-order valence-electron chi connectivity index (χ4n) is 2.42. The number of halogens is 1. The molecule has 148 valence electrons. The highest BCUT2D eigenvalue weighted by molar-refractivity contribution is 6.32. The van der Waals surface area contributed by atoms with E-state index in [4.69, 9.17) is 21.1 Å². The number of esters is 1. The number of amides is 1. The quantitative estimate of drug-likeness (QED) is 0.458. The van der Waals surface area contributed by atoms with Crippen LogP contribution in [0.1, 0.15) is 22.8 Å². The van der Waals surface area contributed by atoms with Gasteiger partial charge in [0.15, 0.2) is 11.3 Å². The molecular weight excluding hydrogens is 392 g/mol. The lowest BCUT2D eigenvalue weighted by Gasteiger charge is -2.14. The van der Waals surface area contributed by atoms with Gasteiger partial charge < -0.3 is 14.8 Å². The summed E-state index contributed by atoms with van der Waals surface area (Å²) in [6.45, 7) is 1.91. The van der Waals surface area contributed by atoms with Crippen molar-refractivity contribution in [1.82, 2.24) is 4.98 Å². The zero-order valence-electron chi connectivity index (χ0n) is 15.7. The van der Waals surface area contributed by atoms with Crippen LogP contribution < -0.4 is 10.1 Å². The highest BCUT2D eigenvalue weighted by Gasteiger charge is 2.20. The second-order valence-corrected chi connectivity index (χ2v) is 6.54. The van der Waals surface area contributed by atoms with Crippen LogP contribution in [-0.2, 0) is 16.1 Å². The molecule has 1 heterocycles. The first-order valence-electron chi connectivity index (χ1n) is 8.92. The number of carbonyl (C=O) groups is 2. The second-order valence-electron chi connectivity index (χ2n) is 6.18. The smallest absolute Gasteiger partial charge is 0.338 e. The van der Waals surface area contributed by atoms with Gasteiger partial charge in [0, 0.05) is 6.20 Å². The molecule has 3 rings (SSSR count). The molecule has 0 fully saturated rings. The molecule has 2 aromatic carbocycles. The first-order valence-corrected chi connectivity index (χ1v) is 9.30. The van der Waals surface area contributed by atoms with Crippen molar-refractivity contribution < 1.29 is 19.1 Å². The minimum Gasteiger partial charge on any atom is -0.489 e. The Morgan fingerprint density at radius 1 is 1.03 bits per heavy atom. The summed E-state index contributed by atoms with van der Waals surface area (Å²) in [7, 11) is 0. The van der Waals surface area contributed by atoms with Gasteiger partial charge in [0.25, 0.3) is 5.91 Å². The van der Waals surface area contributed by atoms with Crippen molar-refractivity contribution >= 4 is 29.2 Å². The van der Waals surface area contributed by atoms with Crippen LogP contribution in [0.5, 0.6) is 5.75 Å². The highest BCUT2D eigenvalue weighted by Crippen LogP contribution is 2.19. The molecule has 0 aliphatic carbocycles. The third-order valence-electron chi connectivity index (χ3n) is 4.01. The van der Waals surface area contributed by atoms with Gasteiger partial charge in [-0.25, -0.2) is 9.78 Å². The minimum atomic E-state index is -1.01. The van der Waals surface area contributed by atoms with Crippen LogP contribution in [0.2, 0.25) is 5.15 Å². The fraction of sp³-hybridized carbons (Fsp3) is 0.136. The lowest BCUT2D eigenvalue weighted by molar-refractivity contribution is -0.123. The SMILES string of the molecule is C[C@H](OC(=O)c1ccc(OCc2ccccc2)cc1)C(=O)Nc1cccnc1Cl. The summed E-state index contributed by atoms with van der Waals surface area (Å²) < 4.78 is 10.9. The third kappa shape index (κ3) is 5.80. The molecule has 29 heavy (non-hydrogen) atoms. The van der Waals surface area contributed by atoms with Crippen molar-refractivity contribution in [3.8, 4) is 5.75 Å². The van der Waals surface area contributed by atoms with E-state index in [1.165, 1.54) is 13.1 Å². The van der Waals surface area contributed by atoms with Crippen molar-refractivity contribution in [2.24, 2.45) is 0 Å². The molecule has 0 saturated carbocycles. The average molecular weight is 411 g/mol. The topological polar surface area (TPSA) is 77.5 Å². The van der Waals surface area contributed by atoms with Gasteiger partial charge in [0.1, 0.15) is 12.4 Å². The number of nitrogens with zero attached hydrogens (tertiary/aromatic N) is 1. The van der Waals surface area contributed by atoms with Gasteiger partial charge in [-0.3, -0.25) is 4.79 Å². The Balaban J connectivity index is 1.53. The number of hydrogen-bond donors (Lipinski definition) is 1. The molecule has 0 bridgehead atoms. The number of pyridine rings is 1. The maximum atomic E-state index is 12.3. The normalized spacial score (nSPS) is 11.4. The van der Waals surface area contributed by atoms with Gasteiger partial charge in [-0.15, -0.1) is 0 Å². The van der Waals surface area contributed by atoms with Gasteiger partial charge in [-0.05, 0) is 48.9 Å². The number of benzene rings is 2. The first-order chi connectivity index (χ1) is 14.0. The second kappa shape index (κ2) is 9.71. The fourth-order valence-corrected chi connectivity index (χ4v) is 2.59. The van der Waals surface area contributed by atoms with E-state index in [1.807, 2.05) is 30.3 Å². The van der Waals surface area contributed by atoms with Gasteiger partial charge in [-0.2, -0.15) is 0 Å². The molecule has 0 saturated heterocycles. The summed E-state index contributed by atoms with van der Waals surface area (Å²) in [5.74, 6) is -0.488. The van der Waals surface area contributed by atoms with Crippen LogP contribution in [0.25, 0.3) is 0 Å². The van der Waals surface area contributed by atoms with E-state index in [0.29, 0.717) is 23.6 Å². The molecule has 1 amide bonds. The van der Waals surface area contributed by atoms with Crippen molar-refractivity contribution in [2.75, 3.05) is 5.32 Å². The monoisotopic (exact) mass is 410 g/mol. The number of rotatable bonds is 7. The molecular formula is C22H19ClN2O4. The summed E-state index contributed by atoms with van der Waals surface area (Å²) in [5.41, 5.74) is 1.71. The average Bonchev–Trinajstić information content (AvgIpc) is 2.75. The molecule has 0 unspecified atom stereocenters. The van der Waals surface area contributed by atoms with Crippen molar-refractivity contribution in [1.29, 1.82) is 0 Å². The molecule has 1 N–H and O–H groups in total. The molecule has 0 aliphatic rings. The van der Waals surface area contributed by atoms with E-state index in [0.717, 1.165) is 5.56 Å². The van der Waals surface area contributed by atoms with Crippen LogP contribution in [0.4, 0.5) is 5.69 Å². The number of aromatic nitrogens is 1. The minimum absolute atomic E-state index is 0.158. The lowest BCUT2D eigenvalue weighted by Crippen LogP contribution is -2.30. The highest BCUT2D eigenvalue weighted by atomic mass is 35.5. The molecule has 6 nitrogen and oxygen atoms in total. The zero-order chi connectivity index (χ0) is 20.6. The summed E-state index contributed by atoms with van der Waals surface area (Å²) in [6.07, 6.45) is 0.502. The summed E-state index contributed by atoms with van der Waals surface area (Å²) >= 11 is 5.91. The molecule has 0 aliphatic heterocycles. The third-order valence-corrected chi connectivity index (χ3v) is 4.31. The first kappa shape index (κ1) is 20.4. The Kier molecular flexibility index (Phi) is 6.81. The summed E-state index contributed by atoms with van der Waals surface area (Å²) in [6, 6.07) is 19.5. The Hall–Kier alpha value is -3.38. The van der Waals surface area contributed by atoms with E-state index in [-0.39, 0.29) is 5.15 Å². The van der Waals surface area contributed by atoms with Crippen LogP contribution >= 0.6 is 11.6 Å². The van der Waals surface area contributed by atoms with E-state index in [1.54, 1.807) is 36.4 Å². The van der Waals surface area contributed by atoms with E-state index in [9.17, 15) is 9.59 Å². The molecule has 1 atom stereocenters. The lowest BCUT2D eigenvalue weighted by atomic mass is 10.2. The number of carbonyl (C=O) groups excluding carboxylic acids is 2. The Bertz CT molecular complexity index is 978. The van der Waals surface area contributed by atoms with Crippen LogP contribution in [-0.4, -0.2) is 23.0 Å². The molecule has 7 heteroatoms. The largest absolute Gasteiger partial charge is 0.489 e. The van der Waals surface area contributed by atoms with Crippen molar-refractivity contribution in [3.05, 3.63) is 89.2 Å². The Labute approximate surface area is 173 Å². The van der Waals surface area contributed by atoms with E-state index in [2.05, 4.69) is 10.3 Å². The van der Waals surface area contributed by atoms with Gasteiger partial charge in [-0.1, -0.05) is 41.9 Å². The molecule has 3 aromatic rings. The van der Waals surface area contributed by atoms with E-state index >= 15 is 0 Å². The number of hydrogen-bond acceptors (Lipinski definition) is 5. The van der Waals surface area contributed by atoms with Crippen LogP contribution in [0.3, 0.4) is 0 Å². The summed E-state index contributed by atoms with van der Waals surface area (Å²) in [4.78, 5) is 28.4. The van der Waals surface area contributed by atoms with Crippen molar-refractivity contribution in [3.63, 3.8) is 0 Å². The molecule has 1 aromatic heterocycles. The predicted molar refractivity (Wildman–Crippen MR) is 110 cm³/mol. The standard InChI is InChI=1S/C22H19ClN2O4/c1-15(21(26)25-19-8-5-13-24-20(19)23)29-22(27)17-9-11-18(12-10-17)28-14-16-6-3-2-4-7-16/h2-13,15H,14H2,1H3,(H,25,26)/t15-/m0/s1. The van der Waals surface area contributed by atoms with Crippen LogP contribution in [0.15, 0.2) is 72.9 Å². The maximum absolute atomic E-state index is 12.3. The van der Waals surface area contributed by atoms with Gasteiger partial charge in [0.2, 0.25) is 0 Å². The number of ether oxygens (including phenoxy) is 2. The van der Waals surface area contributed by atoms with Gasteiger partial charge >= 0.3 is 5.97 Å².